The molecule has 8 heteroatoms. The first-order valence-corrected chi connectivity index (χ1v) is 7.71. The van der Waals surface area contributed by atoms with Crippen LogP contribution >= 0.6 is 0 Å². The van der Waals surface area contributed by atoms with E-state index in [0.29, 0.717) is 34.9 Å². The quantitative estimate of drug-likeness (QED) is 0.707. The van der Waals surface area contributed by atoms with E-state index in [1.54, 1.807) is 32.4 Å². The zero-order valence-corrected chi connectivity index (χ0v) is 14.4. The first-order chi connectivity index (χ1) is 12.0. The molecule has 0 bridgehead atoms. The van der Waals surface area contributed by atoms with Gasteiger partial charge in [-0.25, -0.2) is 9.48 Å². The van der Waals surface area contributed by atoms with E-state index in [1.165, 1.54) is 11.7 Å². The summed E-state index contributed by atoms with van der Waals surface area (Å²) in [7, 11) is 4.53. The molecule has 0 fully saturated rings. The zero-order valence-electron chi connectivity index (χ0n) is 14.4. The van der Waals surface area contributed by atoms with Gasteiger partial charge in [-0.3, -0.25) is 9.36 Å². The molecule has 0 aliphatic carbocycles. The molecule has 130 valence electrons. The molecule has 2 aliphatic heterocycles. The van der Waals surface area contributed by atoms with Crippen LogP contribution in [0.25, 0.3) is 22.6 Å². The van der Waals surface area contributed by atoms with Crippen molar-refractivity contribution in [1.82, 2.24) is 19.3 Å². The Balaban J connectivity index is 2.34. The summed E-state index contributed by atoms with van der Waals surface area (Å²) in [6.45, 7) is 2.33. The lowest BCUT2D eigenvalue weighted by Crippen LogP contribution is -2.36. The normalized spacial score (nSPS) is 10.9. The first kappa shape index (κ1) is 16.7. The highest BCUT2D eigenvalue weighted by Gasteiger charge is 2.20. The van der Waals surface area contributed by atoms with Gasteiger partial charge in [0.25, 0.3) is 5.56 Å². The lowest BCUT2D eigenvalue weighted by atomic mass is 10.1. The van der Waals surface area contributed by atoms with Gasteiger partial charge in [0.05, 0.1) is 25.5 Å². The number of rotatable bonds is 4. The molecule has 0 aromatic heterocycles. The Morgan fingerprint density at radius 1 is 1.08 bits per heavy atom. The fourth-order valence-electron chi connectivity index (χ4n) is 2.62. The number of methoxy groups -OCH3 is 2. The highest BCUT2D eigenvalue weighted by atomic mass is 16.5. The van der Waals surface area contributed by atoms with E-state index in [-0.39, 0.29) is 5.82 Å². The number of aromatic nitrogens is 4. The van der Waals surface area contributed by atoms with Crippen LogP contribution in [0.4, 0.5) is 0 Å². The highest BCUT2D eigenvalue weighted by Crippen LogP contribution is 2.33. The molecule has 0 atom stereocenters. The number of hydrogen-bond acceptors (Lipinski definition) is 6. The Labute approximate surface area is 143 Å². The average molecular weight is 342 g/mol. The molecular formula is C17H18N4O4. The predicted molar refractivity (Wildman–Crippen MR) is 92.4 cm³/mol. The third kappa shape index (κ3) is 2.75. The molecule has 0 N–H and O–H groups in total. The highest BCUT2D eigenvalue weighted by molar-refractivity contribution is 5.72. The maximum absolute atomic E-state index is 12.5. The average Bonchev–Trinajstić information content (AvgIpc) is 2.65. The van der Waals surface area contributed by atoms with Gasteiger partial charge in [-0.2, -0.15) is 10.1 Å². The fraction of sp³-hybridized carbons (Fsp3) is 0.294. The van der Waals surface area contributed by atoms with Gasteiger partial charge >= 0.3 is 5.69 Å². The van der Waals surface area contributed by atoms with Gasteiger partial charge < -0.3 is 9.47 Å². The number of benzene rings is 1. The number of aryl methyl sites for hydroxylation is 1. The van der Waals surface area contributed by atoms with Gasteiger partial charge in [0.1, 0.15) is 11.5 Å². The van der Waals surface area contributed by atoms with Crippen LogP contribution in [-0.2, 0) is 13.6 Å². The van der Waals surface area contributed by atoms with Crippen molar-refractivity contribution in [1.29, 1.82) is 0 Å². The largest absolute Gasteiger partial charge is 0.497 e. The van der Waals surface area contributed by atoms with Crippen molar-refractivity contribution in [2.75, 3.05) is 14.2 Å². The van der Waals surface area contributed by atoms with Gasteiger partial charge in [0.2, 0.25) is 0 Å². The van der Waals surface area contributed by atoms with E-state index in [1.807, 2.05) is 13.0 Å². The monoisotopic (exact) mass is 342 g/mol. The van der Waals surface area contributed by atoms with E-state index >= 15 is 0 Å². The number of fused-ring (bicyclic) bond motifs is 1. The van der Waals surface area contributed by atoms with E-state index < -0.39 is 11.2 Å². The van der Waals surface area contributed by atoms with E-state index in [9.17, 15) is 9.59 Å². The SMILES string of the molecule is CCn1nc(-c2ccc(OC)cc2OC)cc2c(=O)n(C)c(=O)nc1-2. The minimum Gasteiger partial charge on any atom is -0.497 e. The predicted octanol–water partition coefficient (Wildman–Crippen LogP) is 1.15. The topological polar surface area (TPSA) is 88.2 Å². The number of nitrogens with zero attached hydrogens (tertiary/aromatic N) is 4. The standard InChI is InChI=1S/C17H18N4O4/c1-5-21-15-12(16(22)20(2)17(23)18-15)9-13(19-21)11-7-6-10(24-3)8-14(11)25-4/h6-9H,5H2,1-4H3. The Hall–Kier alpha value is -3.16. The Morgan fingerprint density at radius 2 is 1.84 bits per heavy atom. The molecule has 2 aliphatic rings. The Bertz CT molecular complexity index is 1020. The van der Waals surface area contributed by atoms with Gasteiger partial charge in [-0.1, -0.05) is 0 Å². The van der Waals surface area contributed by atoms with Crippen LogP contribution in [0, 0.1) is 0 Å². The van der Waals surface area contributed by atoms with Crippen molar-refractivity contribution in [3.8, 4) is 34.1 Å². The molecule has 1 aromatic carbocycles. The zero-order chi connectivity index (χ0) is 18.1. The van der Waals surface area contributed by atoms with E-state index in [2.05, 4.69) is 10.1 Å². The van der Waals surface area contributed by atoms with Crippen LogP contribution in [-0.4, -0.2) is 33.6 Å². The molecule has 1 aromatic rings. The molecule has 2 heterocycles. The molecule has 8 nitrogen and oxygen atoms in total. The van der Waals surface area contributed by atoms with Crippen molar-refractivity contribution in [3.63, 3.8) is 0 Å². The Morgan fingerprint density at radius 3 is 2.48 bits per heavy atom. The van der Waals surface area contributed by atoms with Gasteiger partial charge in [-0.15, -0.1) is 0 Å². The maximum atomic E-state index is 12.5. The summed E-state index contributed by atoms with van der Waals surface area (Å²) in [6, 6.07) is 6.97. The molecule has 0 unspecified atom stereocenters. The van der Waals surface area contributed by atoms with Crippen molar-refractivity contribution in [2.45, 2.75) is 13.5 Å². The summed E-state index contributed by atoms with van der Waals surface area (Å²) in [5.41, 5.74) is 0.573. The summed E-state index contributed by atoms with van der Waals surface area (Å²) < 4.78 is 13.2. The van der Waals surface area contributed by atoms with Gasteiger partial charge in [0, 0.05) is 25.2 Å². The number of hydrogen-bond donors (Lipinski definition) is 0. The molecule has 3 rings (SSSR count). The van der Waals surface area contributed by atoms with Crippen molar-refractivity contribution in [2.24, 2.45) is 7.05 Å². The molecule has 0 saturated carbocycles. The minimum atomic E-state index is -0.601. The molecule has 0 saturated heterocycles. The summed E-state index contributed by atoms with van der Waals surface area (Å²) in [5.74, 6) is 1.49. The van der Waals surface area contributed by atoms with Gasteiger partial charge in [0.15, 0.2) is 5.82 Å². The summed E-state index contributed by atoms with van der Waals surface area (Å²) >= 11 is 0. The second kappa shape index (κ2) is 6.39. The second-order valence-corrected chi connectivity index (χ2v) is 5.41. The van der Waals surface area contributed by atoms with Crippen LogP contribution in [0.3, 0.4) is 0 Å². The molecule has 0 radical (unpaired) electrons. The van der Waals surface area contributed by atoms with E-state index in [4.69, 9.17) is 9.47 Å². The van der Waals surface area contributed by atoms with Crippen LogP contribution < -0.4 is 20.7 Å². The van der Waals surface area contributed by atoms with Crippen LogP contribution in [0.2, 0.25) is 0 Å². The molecule has 0 amide bonds. The Kier molecular flexibility index (Phi) is 4.26. The maximum Gasteiger partial charge on any atom is 0.352 e. The third-order valence-electron chi connectivity index (χ3n) is 4.00. The molecule has 25 heavy (non-hydrogen) atoms. The summed E-state index contributed by atoms with van der Waals surface area (Å²) in [5, 5.41) is 4.51. The summed E-state index contributed by atoms with van der Waals surface area (Å²) in [6.07, 6.45) is 0. The lowest BCUT2D eigenvalue weighted by molar-refractivity contribution is 0.395. The van der Waals surface area contributed by atoms with Crippen LogP contribution in [0.5, 0.6) is 11.5 Å². The fourth-order valence-corrected chi connectivity index (χ4v) is 2.62. The third-order valence-corrected chi connectivity index (χ3v) is 4.00. The van der Waals surface area contributed by atoms with Crippen molar-refractivity contribution >= 4 is 0 Å². The molecule has 0 spiro atoms. The second-order valence-electron chi connectivity index (χ2n) is 5.41. The van der Waals surface area contributed by atoms with Crippen molar-refractivity contribution in [3.05, 3.63) is 45.1 Å². The van der Waals surface area contributed by atoms with Crippen molar-refractivity contribution < 1.29 is 9.47 Å². The smallest absolute Gasteiger partial charge is 0.352 e. The summed E-state index contributed by atoms with van der Waals surface area (Å²) in [4.78, 5) is 28.3. The minimum absolute atomic E-state index is 0.270. The lowest BCUT2D eigenvalue weighted by Gasteiger charge is -2.16. The van der Waals surface area contributed by atoms with Crippen LogP contribution in [0.1, 0.15) is 6.92 Å². The van der Waals surface area contributed by atoms with Gasteiger partial charge in [-0.05, 0) is 25.1 Å². The number of ether oxygens (including phenoxy) is 2. The first-order valence-electron chi connectivity index (χ1n) is 7.71. The van der Waals surface area contributed by atoms with E-state index in [0.717, 1.165) is 4.57 Å². The molecular weight excluding hydrogens is 324 g/mol. The van der Waals surface area contributed by atoms with Crippen LogP contribution in [0.15, 0.2) is 33.9 Å².